The number of aromatic nitrogens is 2. The fourth-order valence-electron chi connectivity index (χ4n) is 3.36. The van der Waals surface area contributed by atoms with Crippen molar-refractivity contribution in [1.29, 1.82) is 0 Å². The Labute approximate surface area is 202 Å². The zero-order valence-corrected chi connectivity index (χ0v) is 20.8. The summed E-state index contributed by atoms with van der Waals surface area (Å²) >= 11 is 3.43. The minimum Gasteiger partial charge on any atom is -0.493 e. The first-order valence-corrected chi connectivity index (χ1v) is 11.1. The third-order valence-corrected chi connectivity index (χ3v) is 5.33. The summed E-state index contributed by atoms with van der Waals surface area (Å²) in [5, 5.41) is 5.02. The third kappa shape index (κ3) is 5.35. The van der Waals surface area contributed by atoms with Crippen LogP contribution in [0.2, 0.25) is 0 Å². The van der Waals surface area contributed by atoms with Crippen LogP contribution in [0.3, 0.4) is 0 Å². The molecule has 0 aliphatic rings. The number of benzene rings is 2. The molecule has 0 aliphatic carbocycles. The van der Waals surface area contributed by atoms with E-state index in [9.17, 15) is 4.79 Å². The van der Waals surface area contributed by atoms with E-state index in [1.54, 1.807) is 31.5 Å². The van der Waals surface area contributed by atoms with Gasteiger partial charge in [-0.3, -0.25) is 4.79 Å². The van der Waals surface area contributed by atoms with Crippen LogP contribution in [0.5, 0.6) is 11.5 Å². The summed E-state index contributed by atoms with van der Waals surface area (Å²) in [4.78, 5) is 18.1. The summed E-state index contributed by atoms with van der Waals surface area (Å²) in [6.07, 6.45) is 9.28. The van der Waals surface area contributed by atoms with E-state index < -0.39 is 5.41 Å². The Bertz CT molecular complexity index is 1330. The first kappa shape index (κ1) is 24.3. The highest BCUT2D eigenvalue weighted by molar-refractivity contribution is 9.10. The molecule has 6 nitrogen and oxygen atoms in total. The lowest BCUT2D eigenvalue weighted by atomic mass is 9.95. The van der Waals surface area contributed by atoms with Crippen molar-refractivity contribution in [2.24, 2.45) is 5.10 Å². The molecule has 1 heterocycles. The zero-order chi connectivity index (χ0) is 24.2. The maximum absolute atomic E-state index is 13.3. The zero-order valence-electron chi connectivity index (χ0n) is 19.2. The molecule has 0 N–H and O–H groups in total. The summed E-state index contributed by atoms with van der Waals surface area (Å²) < 4.78 is 13.4. The van der Waals surface area contributed by atoms with E-state index in [4.69, 9.17) is 20.9 Å². The van der Waals surface area contributed by atoms with Gasteiger partial charge in [-0.05, 0) is 42.3 Å². The van der Waals surface area contributed by atoms with Crippen molar-refractivity contribution >= 4 is 33.0 Å². The molecule has 0 fully saturated rings. The number of ether oxygens (including phenoxy) is 2. The molecule has 0 saturated carbocycles. The molecular weight excluding hydrogens is 482 g/mol. The van der Waals surface area contributed by atoms with Gasteiger partial charge in [0.2, 0.25) is 0 Å². The van der Waals surface area contributed by atoms with Crippen molar-refractivity contribution < 1.29 is 9.47 Å². The largest absolute Gasteiger partial charge is 0.493 e. The van der Waals surface area contributed by atoms with Gasteiger partial charge in [0.1, 0.15) is 12.4 Å². The van der Waals surface area contributed by atoms with Crippen molar-refractivity contribution in [3.8, 4) is 23.8 Å². The minimum atomic E-state index is -0.406. The number of nitrogens with zero attached hydrogens (tertiary/aromatic N) is 3. The van der Waals surface area contributed by atoms with Crippen LogP contribution in [-0.4, -0.2) is 29.6 Å². The lowest BCUT2D eigenvalue weighted by molar-refractivity contribution is 0.328. The topological polar surface area (TPSA) is 65.7 Å². The SMILES string of the molecule is C#CCOc1c(CC=C)cc(C=Nn2c(C(C)(C)C)nc3ccc(Br)cc3c2=O)cc1OC. The van der Waals surface area contributed by atoms with E-state index in [2.05, 4.69) is 33.5 Å². The van der Waals surface area contributed by atoms with Crippen LogP contribution in [0, 0.1) is 12.3 Å². The van der Waals surface area contributed by atoms with Crippen LogP contribution >= 0.6 is 15.9 Å². The molecule has 0 atom stereocenters. The lowest BCUT2D eigenvalue weighted by Gasteiger charge is -2.21. The second kappa shape index (κ2) is 10.1. The van der Waals surface area contributed by atoms with Gasteiger partial charge in [-0.2, -0.15) is 9.78 Å². The summed E-state index contributed by atoms with van der Waals surface area (Å²) in [6.45, 7) is 9.92. The van der Waals surface area contributed by atoms with Crippen LogP contribution in [-0.2, 0) is 11.8 Å². The van der Waals surface area contributed by atoms with E-state index in [0.717, 1.165) is 15.6 Å². The highest BCUT2D eigenvalue weighted by atomic mass is 79.9. The van der Waals surface area contributed by atoms with Gasteiger partial charge < -0.3 is 9.47 Å². The predicted octanol–water partition coefficient (Wildman–Crippen LogP) is 5.09. The highest BCUT2D eigenvalue weighted by Gasteiger charge is 2.23. The second-order valence-electron chi connectivity index (χ2n) is 8.41. The Morgan fingerprint density at radius 2 is 2.06 bits per heavy atom. The molecule has 0 unspecified atom stereocenters. The van der Waals surface area contributed by atoms with Gasteiger partial charge in [-0.1, -0.05) is 48.7 Å². The first-order valence-electron chi connectivity index (χ1n) is 10.3. The Hall–Kier alpha value is -3.37. The van der Waals surface area contributed by atoms with E-state index in [0.29, 0.717) is 34.6 Å². The van der Waals surface area contributed by atoms with Crippen molar-refractivity contribution in [2.45, 2.75) is 32.6 Å². The van der Waals surface area contributed by atoms with Crippen LogP contribution in [0.4, 0.5) is 0 Å². The molecule has 0 saturated heterocycles. The molecule has 3 rings (SSSR count). The van der Waals surface area contributed by atoms with Crippen molar-refractivity contribution in [1.82, 2.24) is 9.66 Å². The number of rotatable bonds is 7. The van der Waals surface area contributed by atoms with Gasteiger partial charge in [0.15, 0.2) is 11.5 Å². The molecule has 0 spiro atoms. The summed E-state index contributed by atoms with van der Waals surface area (Å²) in [6, 6.07) is 9.14. The monoisotopic (exact) mass is 507 g/mol. The second-order valence-corrected chi connectivity index (χ2v) is 9.32. The normalized spacial score (nSPS) is 11.5. The van der Waals surface area contributed by atoms with Gasteiger partial charge in [-0.15, -0.1) is 13.0 Å². The maximum atomic E-state index is 13.3. The molecule has 0 bridgehead atoms. The molecule has 170 valence electrons. The Balaban J connectivity index is 2.18. The van der Waals surface area contributed by atoms with Gasteiger partial charge in [-0.25, -0.2) is 4.98 Å². The molecule has 1 aromatic heterocycles. The van der Waals surface area contributed by atoms with Crippen LogP contribution in [0.15, 0.2) is 57.4 Å². The molecule has 7 heteroatoms. The summed E-state index contributed by atoms with van der Waals surface area (Å²) in [5.74, 6) is 4.12. The molecular formula is C26H26BrN3O3. The van der Waals surface area contributed by atoms with E-state index >= 15 is 0 Å². The minimum absolute atomic E-state index is 0.122. The van der Waals surface area contributed by atoms with Gasteiger partial charge in [0.05, 0.1) is 24.2 Å². The molecule has 0 amide bonds. The smallest absolute Gasteiger partial charge is 0.282 e. The van der Waals surface area contributed by atoms with E-state index in [1.165, 1.54) is 4.68 Å². The number of hydrogen-bond donors (Lipinski definition) is 0. The van der Waals surface area contributed by atoms with Gasteiger partial charge >= 0.3 is 0 Å². The number of halogens is 1. The third-order valence-electron chi connectivity index (χ3n) is 4.84. The number of methoxy groups -OCH3 is 1. The summed E-state index contributed by atoms with van der Waals surface area (Å²) in [7, 11) is 1.56. The average Bonchev–Trinajstić information content (AvgIpc) is 2.77. The van der Waals surface area contributed by atoms with Gasteiger partial charge in [0, 0.05) is 15.5 Å². The summed E-state index contributed by atoms with van der Waals surface area (Å²) in [5.41, 5.74) is 1.57. The maximum Gasteiger partial charge on any atom is 0.282 e. The number of allylic oxidation sites excluding steroid dienone is 1. The fraction of sp³-hybridized carbons (Fsp3) is 0.269. The fourth-order valence-corrected chi connectivity index (χ4v) is 3.72. The predicted molar refractivity (Wildman–Crippen MR) is 137 cm³/mol. The van der Waals surface area contributed by atoms with Crippen LogP contribution < -0.4 is 15.0 Å². The molecule has 33 heavy (non-hydrogen) atoms. The average molecular weight is 508 g/mol. The van der Waals surface area contributed by atoms with Crippen molar-refractivity contribution in [2.75, 3.05) is 13.7 Å². The van der Waals surface area contributed by atoms with Crippen LogP contribution in [0.1, 0.15) is 37.7 Å². The van der Waals surface area contributed by atoms with Crippen molar-refractivity contribution in [3.63, 3.8) is 0 Å². The van der Waals surface area contributed by atoms with Gasteiger partial charge in [0.25, 0.3) is 5.56 Å². The molecule has 0 aliphatic heterocycles. The number of terminal acetylenes is 1. The number of hydrogen-bond acceptors (Lipinski definition) is 5. The standard InChI is InChI=1S/C26H26BrN3O3/c1-7-9-18-13-17(14-22(32-6)23(18)33-12-8-2)16-28-30-24(31)20-15-19(27)10-11-21(20)29-25(30)26(3,4)5/h2,7,10-11,13-16H,1,9,12H2,3-6H3. The number of fused-ring (bicyclic) bond motifs is 1. The van der Waals surface area contributed by atoms with Crippen molar-refractivity contribution in [3.05, 3.63) is 74.8 Å². The quantitative estimate of drug-likeness (QED) is 0.254. The van der Waals surface area contributed by atoms with Crippen LogP contribution in [0.25, 0.3) is 10.9 Å². The van der Waals surface area contributed by atoms with E-state index in [-0.39, 0.29) is 12.2 Å². The molecule has 3 aromatic rings. The Morgan fingerprint density at radius 1 is 1.30 bits per heavy atom. The first-order chi connectivity index (χ1) is 15.7. The van der Waals surface area contributed by atoms with E-state index in [1.807, 2.05) is 39.0 Å². The lowest BCUT2D eigenvalue weighted by Crippen LogP contribution is -2.29. The Kier molecular flexibility index (Phi) is 7.39. The Morgan fingerprint density at radius 3 is 2.70 bits per heavy atom. The highest BCUT2D eigenvalue weighted by Crippen LogP contribution is 2.33. The molecule has 0 radical (unpaired) electrons. The molecule has 2 aromatic carbocycles.